The lowest BCUT2D eigenvalue weighted by Crippen LogP contribution is -2.15. The van der Waals surface area contributed by atoms with Gasteiger partial charge >= 0.3 is 0 Å². The minimum absolute atomic E-state index is 0.119. The zero-order valence-electron chi connectivity index (χ0n) is 10.2. The Balaban J connectivity index is 1.71. The lowest BCUT2D eigenvalue weighted by atomic mass is 9.84. The minimum atomic E-state index is -0.675. The summed E-state index contributed by atoms with van der Waals surface area (Å²) in [7, 11) is 0. The van der Waals surface area contributed by atoms with Gasteiger partial charge in [0.25, 0.3) is 0 Å². The zero-order chi connectivity index (χ0) is 12.7. The summed E-state index contributed by atoms with van der Waals surface area (Å²) in [4.78, 5) is 12.0. The van der Waals surface area contributed by atoms with Crippen LogP contribution in [0.4, 0.5) is 8.78 Å². The van der Waals surface area contributed by atoms with Crippen LogP contribution in [0.2, 0.25) is 0 Å². The average molecular weight is 250 g/mol. The molecule has 0 N–H and O–H groups in total. The molecular weight excluding hydrogens is 234 g/mol. The molecule has 0 aliphatic heterocycles. The first-order valence-electron chi connectivity index (χ1n) is 6.61. The number of halogens is 2. The van der Waals surface area contributed by atoms with Gasteiger partial charge in [-0.1, -0.05) is 6.42 Å². The number of fused-ring (bicyclic) bond motifs is 2. The molecule has 2 aliphatic rings. The summed E-state index contributed by atoms with van der Waals surface area (Å²) in [5.41, 5.74) is 0.176. The first-order chi connectivity index (χ1) is 8.61. The van der Waals surface area contributed by atoms with E-state index in [0.29, 0.717) is 18.3 Å². The van der Waals surface area contributed by atoms with E-state index in [2.05, 4.69) is 0 Å². The predicted octanol–water partition coefficient (Wildman–Crippen LogP) is 3.97. The Hall–Kier alpha value is -1.25. The zero-order valence-corrected chi connectivity index (χ0v) is 10.2. The van der Waals surface area contributed by atoms with Gasteiger partial charge in [-0.3, -0.25) is 4.79 Å². The highest BCUT2D eigenvalue weighted by atomic mass is 19.1. The Kier molecular flexibility index (Phi) is 2.92. The molecule has 2 aliphatic carbocycles. The highest BCUT2D eigenvalue weighted by Gasteiger charge is 2.40. The summed E-state index contributed by atoms with van der Waals surface area (Å²) in [5.74, 6) is 0.417. The third-order valence-corrected chi connectivity index (χ3v) is 4.52. The molecular formula is C15H16F2O. The van der Waals surface area contributed by atoms with E-state index in [4.69, 9.17) is 0 Å². The summed E-state index contributed by atoms with van der Waals surface area (Å²) in [6, 6.07) is 3.07. The summed E-state index contributed by atoms with van der Waals surface area (Å²) >= 11 is 0. The summed E-state index contributed by atoms with van der Waals surface area (Å²) in [5, 5.41) is 0. The first kappa shape index (κ1) is 11.8. The van der Waals surface area contributed by atoms with E-state index in [1.807, 2.05) is 0 Å². The van der Waals surface area contributed by atoms with Crippen LogP contribution in [-0.4, -0.2) is 5.78 Å². The van der Waals surface area contributed by atoms with Crippen molar-refractivity contribution in [2.45, 2.75) is 32.1 Å². The van der Waals surface area contributed by atoms with Crippen molar-refractivity contribution in [2.75, 3.05) is 0 Å². The van der Waals surface area contributed by atoms with Crippen LogP contribution < -0.4 is 0 Å². The van der Waals surface area contributed by atoms with Crippen LogP contribution in [0.25, 0.3) is 0 Å². The van der Waals surface area contributed by atoms with E-state index in [9.17, 15) is 13.6 Å². The minimum Gasteiger partial charge on any atom is -0.294 e. The average Bonchev–Trinajstić information content (AvgIpc) is 2.89. The first-order valence-corrected chi connectivity index (χ1v) is 6.61. The number of Topliss-reactive ketones (excluding diaryl/α,β-unsaturated/α-hetero) is 1. The molecule has 1 aromatic rings. The highest BCUT2D eigenvalue weighted by molar-refractivity contribution is 5.96. The van der Waals surface area contributed by atoms with Crippen LogP contribution in [-0.2, 0) is 0 Å². The fraction of sp³-hybridized carbons (Fsp3) is 0.533. The summed E-state index contributed by atoms with van der Waals surface area (Å²) < 4.78 is 26.1. The maximum absolute atomic E-state index is 13.1. The predicted molar refractivity (Wildman–Crippen MR) is 64.2 cm³/mol. The van der Waals surface area contributed by atoms with Crippen molar-refractivity contribution < 1.29 is 13.6 Å². The van der Waals surface area contributed by atoms with Crippen molar-refractivity contribution in [3.63, 3.8) is 0 Å². The van der Waals surface area contributed by atoms with Crippen LogP contribution in [0.1, 0.15) is 42.5 Å². The van der Waals surface area contributed by atoms with Gasteiger partial charge in [0.15, 0.2) is 5.78 Å². The third kappa shape index (κ3) is 2.18. The molecule has 0 heterocycles. The van der Waals surface area contributed by atoms with Gasteiger partial charge in [-0.05, 0) is 49.1 Å². The van der Waals surface area contributed by atoms with Gasteiger partial charge in [0.2, 0.25) is 0 Å². The van der Waals surface area contributed by atoms with Gasteiger partial charge in [0, 0.05) is 18.1 Å². The van der Waals surface area contributed by atoms with Gasteiger partial charge in [-0.15, -0.1) is 0 Å². The monoisotopic (exact) mass is 250 g/mol. The fourth-order valence-corrected chi connectivity index (χ4v) is 3.70. The summed E-state index contributed by atoms with van der Waals surface area (Å²) in [6.07, 6.45) is 5.33. The largest absolute Gasteiger partial charge is 0.294 e. The number of carbonyl (C=O) groups is 1. The lowest BCUT2D eigenvalue weighted by Gasteiger charge is -2.20. The van der Waals surface area contributed by atoms with Crippen LogP contribution in [0.5, 0.6) is 0 Å². The van der Waals surface area contributed by atoms with Crippen molar-refractivity contribution in [3.8, 4) is 0 Å². The molecule has 2 bridgehead atoms. The molecule has 3 unspecified atom stereocenters. The molecule has 96 valence electrons. The van der Waals surface area contributed by atoms with Crippen LogP contribution in [0.15, 0.2) is 18.2 Å². The van der Waals surface area contributed by atoms with E-state index in [0.717, 1.165) is 30.5 Å². The van der Waals surface area contributed by atoms with Gasteiger partial charge < -0.3 is 0 Å². The number of ketones is 1. The molecule has 0 spiro atoms. The van der Waals surface area contributed by atoms with Gasteiger partial charge in [-0.25, -0.2) is 8.78 Å². The van der Waals surface area contributed by atoms with E-state index >= 15 is 0 Å². The SMILES string of the molecule is O=C(CC1CC2CCC1C2)c1cc(F)cc(F)c1. The molecule has 0 amide bonds. The maximum atomic E-state index is 13.1. The number of hydrogen-bond acceptors (Lipinski definition) is 1. The van der Waals surface area contributed by atoms with Crippen molar-refractivity contribution in [2.24, 2.45) is 17.8 Å². The number of rotatable bonds is 3. The second-order valence-electron chi connectivity index (χ2n) is 5.72. The topological polar surface area (TPSA) is 17.1 Å². The fourth-order valence-electron chi connectivity index (χ4n) is 3.70. The Morgan fingerprint density at radius 1 is 1.11 bits per heavy atom. The molecule has 0 aromatic heterocycles. The Morgan fingerprint density at radius 2 is 1.83 bits per heavy atom. The van der Waals surface area contributed by atoms with Gasteiger partial charge in [-0.2, -0.15) is 0 Å². The van der Waals surface area contributed by atoms with E-state index in [-0.39, 0.29) is 11.3 Å². The standard InChI is InChI=1S/C15H16F2O/c16-13-5-12(6-14(17)8-13)15(18)7-11-4-9-1-2-10(11)3-9/h5-6,8-11H,1-4,7H2. The Bertz CT molecular complexity index is 463. The van der Waals surface area contributed by atoms with Crippen molar-refractivity contribution in [3.05, 3.63) is 35.4 Å². The lowest BCUT2D eigenvalue weighted by molar-refractivity contribution is 0.0943. The van der Waals surface area contributed by atoms with Crippen molar-refractivity contribution in [1.29, 1.82) is 0 Å². The maximum Gasteiger partial charge on any atom is 0.163 e. The molecule has 3 rings (SSSR count). The Morgan fingerprint density at radius 3 is 2.39 bits per heavy atom. The molecule has 3 heteroatoms. The van der Waals surface area contributed by atoms with Crippen LogP contribution in [0.3, 0.4) is 0 Å². The molecule has 1 nitrogen and oxygen atoms in total. The van der Waals surface area contributed by atoms with Crippen LogP contribution >= 0.6 is 0 Å². The van der Waals surface area contributed by atoms with Gasteiger partial charge in [0.05, 0.1) is 0 Å². The molecule has 2 fully saturated rings. The van der Waals surface area contributed by atoms with E-state index in [1.54, 1.807) is 0 Å². The molecule has 3 atom stereocenters. The van der Waals surface area contributed by atoms with E-state index < -0.39 is 11.6 Å². The van der Waals surface area contributed by atoms with Gasteiger partial charge in [0.1, 0.15) is 11.6 Å². The second kappa shape index (κ2) is 4.45. The van der Waals surface area contributed by atoms with Crippen molar-refractivity contribution in [1.82, 2.24) is 0 Å². The molecule has 0 radical (unpaired) electrons. The van der Waals surface area contributed by atoms with E-state index in [1.165, 1.54) is 19.3 Å². The number of hydrogen-bond donors (Lipinski definition) is 0. The highest BCUT2D eigenvalue weighted by Crippen LogP contribution is 2.49. The smallest absolute Gasteiger partial charge is 0.163 e. The Labute approximate surface area is 105 Å². The third-order valence-electron chi connectivity index (χ3n) is 4.52. The van der Waals surface area contributed by atoms with Crippen LogP contribution in [0, 0.1) is 29.4 Å². The second-order valence-corrected chi connectivity index (χ2v) is 5.72. The normalized spacial score (nSPS) is 29.8. The molecule has 1 aromatic carbocycles. The number of carbonyl (C=O) groups excluding carboxylic acids is 1. The summed E-state index contributed by atoms with van der Waals surface area (Å²) in [6.45, 7) is 0. The molecule has 2 saturated carbocycles. The quantitative estimate of drug-likeness (QED) is 0.742. The molecule has 18 heavy (non-hydrogen) atoms. The van der Waals surface area contributed by atoms with Crippen molar-refractivity contribution >= 4 is 5.78 Å². The number of benzene rings is 1. The molecule has 0 saturated heterocycles.